The second-order valence-electron chi connectivity index (χ2n) is 1.44. The third kappa shape index (κ3) is 1.58. The molecule has 0 saturated carbocycles. The number of nitrogens with zero attached hydrogens (tertiary/aromatic N) is 2. The lowest BCUT2D eigenvalue weighted by Gasteiger charge is -1.94. The van der Waals surface area contributed by atoms with Crippen LogP contribution in [-0.4, -0.2) is 22.8 Å². The molecule has 0 bridgehead atoms. The highest BCUT2D eigenvalue weighted by Gasteiger charge is 1.98. The molecule has 1 rings (SSSR count). The molecule has 0 atom stereocenters. The second kappa shape index (κ2) is 3.66. The fourth-order valence-corrected chi connectivity index (χ4v) is 0.473. The van der Waals surface area contributed by atoms with Gasteiger partial charge < -0.3 is 4.74 Å². The lowest BCUT2D eigenvalue weighted by molar-refractivity contribution is 0.173. The Morgan fingerprint density at radius 3 is 2.80 bits per heavy atom. The van der Waals surface area contributed by atoms with Crippen LogP contribution in [0.2, 0.25) is 0 Å². The van der Waals surface area contributed by atoms with Gasteiger partial charge in [-0.25, -0.2) is 14.3 Å². The zero-order valence-corrected chi connectivity index (χ0v) is 4.94. The van der Waals surface area contributed by atoms with Crippen LogP contribution in [0.3, 0.4) is 0 Å². The molecule has 56 valence electrons. The number of carbonyl (C=O) groups is 1. The van der Waals surface area contributed by atoms with Crippen molar-refractivity contribution in [3.8, 4) is 0 Å². The van der Waals surface area contributed by atoms with E-state index in [1.807, 2.05) is 0 Å². The molecule has 0 aliphatic heterocycles. The lowest BCUT2D eigenvalue weighted by Crippen LogP contribution is -2.07. The van der Waals surface area contributed by atoms with Crippen molar-refractivity contribution in [3.05, 3.63) is 18.7 Å². The quantitative estimate of drug-likeness (QED) is 0.545. The number of hydrogen-bond acceptors (Lipinski definition) is 3. The lowest BCUT2D eigenvalue weighted by atomic mass is 10.9. The number of carbonyl (C=O) groups excluding carboxylic acids is 1. The highest BCUT2D eigenvalue weighted by Crippen LogP contribution is 1.85. The van der Waals surface area contributed by atoms with Crippen molar-refractivity contribution in [2.45, 2.75) is 7.43 Å². The van der Waals surface area contributed by atoms with Crippen LogP contribution in [0.25, 0.3) is 0 Å². The minimum atomic E-state index is -0.424. The van der Waals surface area contributed by atoms with Gasteiger partial charge in [0.1, 0.15) is 6.33 Å². The van der Waals surface area contributed by atoms with E-state index < -0.39 is 6.09 Å². The van der Waals surface area contributed by atoms with Crippen molar-refractivity contribution in [2.24, 2.45) is 0 Å². The molecule has 0 fully saturated rings. The minimum Gasteiger partial charge on any atom is -0.452 e. The summed E-state index contributed by atoms with van der Waals surface area (Å²) in [6, 6.07) is 0. The topological polar surface area (TPSA) is 44.1 Å². The molecule has 0 spiro atoms. The maximum Gasteiger partial charge on any atom is 0.418 e. The summed E-state index contributed by atoms with van der Waals surface area (Å²) in [6.07, 6.45) is 3.99. The van der Waals surface area contributed by atoms with E-state index in [-0.39, 0.29) is 7.43 Å². The van der Waals surface area contributed by atoms with E-state index in [0.717, 1.165) is 0 Å². The predicted molar refractivity (Wildman–Crippen MR) is 36.8 cm³/mol. The Morgan fingerprint density at radius 1 is 1.70 bits per heavy atom. The van der Waals surface area contributed by atoms with Gasteiger partial charge in [0.2, 0.25) is 0 Å². The minimum absolute atomic E-state index is 0. The third-order valence-corrected chi connectivity index (χ3v) is 0.890. The monoisotopic (exact) mass is 142 g/mol. The van der Waals surface area contributed by atoms with Gasteiger partial charge in [-0.15, -0.1) is 0 Å². The van der Waals surface area contributed by atoms with Crippen LogP contribution in [-0.2, 0) is 4.74 Å². The molecule has 0 aliphatic carbocycles. The number of imidazole rings is 1. The van der Waals surface area contributed by atoms with Gasteiger partial charge in [0.25, 0.3) is 0 Å². The van der Waals surface area contributed by atoms with Gasteiger partial charge in [-0.2, -0.15) is 0 Å². The van der Waals surface area contributed by atoms with E-state index in [4.69, 9.17) is 0 Å². The van der Waals surface area contributed by atoms with Crippen molar-refractivity contribution < 1.29 is 9.53 Å². The maximum absolute atomic E-state index is 10.6. The van der Waals surface area contributed by atoms with Crippen LogP contribution in [0.1, 0.15) is 7.43 Å². The summed E-state index contributed by atoms with van der Waals surface area (Å²) in [5, 5.41) is 0. The third-order valence-electron chi connectivity index (χ3n) is 0.890. The molecule has 10 heavy (non-hydrogen) atoms. The number of rotatable bonds is 0. The SMILES string of the molecule is C.COC(=O)n1ccnc1. The van der Waals surface area contributed by atoms with Crippen LogP contribution in [0.4, 0.5) is 4.79 Å². The van der Waals surface area contributed by atoms with Gasteiger partial charge in [0.05, 0.1) is 7.11 Å². The van der Waals surface area contributed by atoms with Gasteiger partial charge in [0, 0.05) is 12.4 Å². The summed E-state index contributed by atoms with van der Waals surface area (Å²) >= 11 is 0. The molecule has 0 aromatic carbocycles. The van der Waals surface area contributed by atoms with Crippen LogP contribution in [0.5, 0.6) is 0 Å². The van der Waals surface area contributed by atoms with Crippen LogP contribution in [0.15, 0.2) is 18.7 Å². The van der Waals surface area contributed by atoms with Gasteiger partial charge in [-0.3, -0.25) is 0 Å². The first-order chi connectivity index (χ1) is 4.34. The van der Waals surface area contributed by atoms with Crippen molar-refractivity contribution in [3.63, 3.8) is 0 Å². The summed E-state index contributed by atoms with van der Waals surface area (Å²) in [5.74, 6) is 0. The first-order valence-electron chi connectivity index (χ1n) is 2.41. The van der Waals surface area contributed by atoms with Gasteiger partial charge >= 0.3 is 6.09 Å². The van der Waals surface area contributed by atoms with E-state index in [2.05, 4.69) is 9.72 Å². The summed E-state index contributed by atoms with van der Waals surface area (Å²) in [4.78, 5) is 14.2. The number of ether oxygens (including phenoxy) is 1. The Balaban J connectivity index is 0.000000810. The van der Waals surface area contributed by atoms with Crippen LogP contribution >= 0.6 is 0 Å². The van der Waals surface area contributed by atoms with Gasteiger partial charge in [0.15, 0.2) is 0 Å². The smallest absolute Gasteiger partial charge is 0.418 e. The fraction of sp³-hybridized carbons (Fsp3) is 0.333. The molecular weight excluding hydrogens is 132 g/mol. The molecular formula is C6H10N2O2. The molecule has 4 nitrogen and oxygen atoms in total. The van der Waals surface area contributed by atoms with Gasteiger partial charge in [-0.05, 0) is 0 Å². The first kappa shape index (κ1) is 8.68. The highest BCUT2D eigenvalue weighted by molar-refractivity contribution is 5.69. The molecule has 0 unspecified atom stereocenters. The average Bonchev–Trinajstić information content (AvgIpc) is 2.37. The number of hydrogen-bond donors (Lipinski definition) is 0. The summed E-state index contributed by atoms with van der Waals surface area (Å²) in [7, 11) is 1.32. The van der Waals surface area contributed by atoms with E-state index in [1.54, 1.807) is 0 Å². The van der Waals surface area contributed by atoms with E-state index >= 15 is 0 Å². The van der Waals surface area contributed by atoms with Crippen LogP contribution in [0, 0.1) is 0 Å². The zero-order valence-electron chi connectivity index (χ0n) is 4.94. The second-order valence-corrected chi connectivity index (χ2v) is 1.44. The van der Waals surface area contributed by atoms with Crippen LogP contribution < -0.4 is 0 Å². The molecule has 0 amide bonds. The molecule has 1 aromatic heterocycles. The Bertz CT molecular complexity index is 194. The molecule has 1 aromatic rings. The summed E-state index contributed by atoms with van der Waals surface area (Å²) < 4.78 is 5.63. The number of aromatic nitrogens is 2. The largest absolute Gasteiger partial charge is 0.452 e. The zero-order chi connectivity index (χ0) is 6.69. The first-order valence-corrected chi connectivity index (χ1v) is 2.41. The molecule has 0 saturated heterocycles. The van der Waals surface area contributed by atoms with Crippen molar-refractivity contribution in [1.82, 2.24) is 9.55 Å². The molecule has 0 aliphatic rings. The molecule has 4 heteroatoms. The Labute approximate surface area is 59.4 Å². The standard InChI is InChI=1S/C5H6N2O2.CH4/c1-9-5(8)7-3-2-6-4-7;/h2-4H,1H3;1H4. The van der Waals surface area contributed by atoms with Crippen molar-refractivity contribution in [2.75, 3.05) is 7.11 Å². The Kier molecular flexibility index (Phi) is 3.17. The van der Waals surface area contributed by atoms with Gasteiger partial charge in [-0.1, -0.05) is 7.43 Å². The van der Waals surface area contributed by atoms with Crippen molar-refractivity contribution >= 4 is 6.09 Å². The molecule has 0 radical (unpaired) electrons. The molecule has 0 N–H and O–H groups in total. The normalized spacial score (nSPS) is 8.10. The number of methoxy groups -OCH3 is 1. The van der Waals surface area contributed by atoms with Crippen molar-refractivity contribution in [1.29, 1.82) is 0 Å². The Hall–Kier alpha value is -1.32. The Morgan fingerprint density at radius 2 is 2.40 bits per heavy atom. The maximum atomic E-state index is 10.6. The summed E-state index contributed by atoms with van der Waals surface area (Å²) in [6.45, 7) is 0. The van der Waals surface area contributed by atoms with E-state index in [0.29, 0.717) is 0 Å². The fourth-order valence-electron chi connectivity index (χ4n) is 0.473. The summed E-state index contributed by atoms with van der Waals surface area (Å²) in [5.41, 5.74) is 0. The van der Waals surface area contributed by atoms with E-state index in [9.17, 15) is 4.79 Å². The molecule has 1 heterocycles. The average molecular weight is 142 g/mol. The predicted octanol–water partition coefficient (Wildman–Crippen LogP) is 1.13. The highest BCUT2D eigenvalue weighted by atomic mass is 16.5. The van der Waals surface area contributed by atoms with E-state index in [1.165, 1.54) is 30.4 Å².